The van der Waals surface area contributed by atoms with Crippen molar-refractivity contribution in [3.8, 4) is 0 Å². The zero-order valence-electron chi connectivity index (χ0n) is 9.35. The molecule has 1 aromatic heterocycles. The maximum Gasteiger partial charge on any atom is 0.379 e. The van der Waals surface area contributed by atoms with Crippen molar-refractivity contribution in [3.05, 3.63) is 18.7 Å². The molecule has 0 amide bonds. The summed E-state index contributed by atoms with van der Waals surface area (Å²) in [5.41, 5.74) is 0. The molecule has 17 heavy (non-hydrogen) atoms. The Balaban J connectivity index is 2.24. The van der Waals surface area contributed by atoms with Crippen LogP contribution >= 0.6 is 0 Å². The van der Waals surface area contributed by atoms with Gasteiger partial charge in [-0.25, -0.2) is 13.0 Å². The predicted octanol–water partition coefficient (Wildman–Crippen LogP) is -1.86. The molecule has 9 heteroatoms. The number of hydrogen-bond acceptors (Lipinski definition) is 4. The van der Waals surface area contributed by atoms with Crippen LogP contribution in [0, 0.1) is 0 Å². The van der Waals surface area contributed by atoms with Crippen LogP contribution in [0.4, 0.5) is 0 Å². The van der Waals surface area contributed by atoms with Crippen molar-refractivity contribution < 1.29 is 21.4 Å². The fraction of sp³-hybridized carbons (Fsp3) is 0.625. The lowest BCUT2D eigenvalue weighted by Gasteiger charge is -2.23. The summed E-state index contributed by atoms with van der Waals surface area (Å²) in [7, 11) is -4.99. The zero-order valence-corrected chi connectivity index (χ0v) is 11.0. The molecule has 2 rings (SSSR count). The normalized spacial score (nSPS) is 21.5. The van der Waals surface area contributed by atoms with Gasteiger partial charge in [-0.15, -0.1) is 3.97 Å². The van der Waals surface area contributed by atoms with Crippen LogP contribution < -0.4 is 4.57 Å². The number of aryl methyl sites for hydroxylation is 1. The van der Waals surface area contributed by atoms with Gasteiger partial charge < -0.3 is 0 Å². The van der Waals surface area contributed by atoms with E-state index in [0.29, 0.717) is 0 Å². The molecular formula is C8H14N3O4S2+. The molecule has 1 fully saturated rings. The van der Waals surface area contributed by atoms with Gasteiger partial charge in [0.2, 0.25) is 0 Å². The fourth-order valence-corrected chi connectivity index (χ4v) is 4.44. The van der Waals surface area contributed by atoms with E-state index >= 15 is 0 Å². The Labute approximate surface area is 100 Å². The summed E-state index contributed by atoms with van der Waals surface area (Å²) in [6.45, 7) is 0.0408. The Morgan fingerprint density at radius 2 is 1.82 bits per heavy atom. The van der Waals surface area contributed by atoms with Crippen molar-refractivity contribution in [2.75, 3.05) is 24.6 Å². The molecule has 1 aliphatic rings. The molecule has 0 atom stereocenters. The Kier molecular flexibility index (Phi) is 3.00. The molecule has 2 heterocycles. The molecular weight excluding hydrogens is 266 g/mol. The number of rotatable bonds is 2. The van der Waals surface area contributed by atoms with Crippen molar-refractivity contribution in [1.82, 2.24) is 8.28 Å². The molecule has 0 N–H and O–H groups in total. The van der Waals surface area contributed by atoms with Gasteiger partial charge in [0, 0.05) is 13.1 Å². The molecule has 0 spiro atoms. The predicted molar refractivity (Wildman–Crippen MR) is 60.2 cm³/mol. The molecule has 1 saturated heterocycles. The van der Waals surface area contributed by atoms with Crippen molar-refractivity contribution in [2.45, 2.75) is 0 Å². The highest BCUT2D eigenvalue weighted by molar-refractivity contribution is 7.92. The summed E-state index contributed by atoms with van der Waals surface area (Å²) in [5.74, 6) is -0.223. The summed E-state index contributed by atoms with van der Waals surface area (Å²) in [6.07, 6.45) is 4.47. The van der Waals surface area contributed by atoms with Gasteiger partial charge in [0.1, 0.15) is 12.4 Å². The first-order chi connectivity index (χ1) is 7.81. The second kappa shape index (κ2) is 4.07. The standard InChI is InChI=1S/C8H14N3O4S2/c1-9-2-3-11(8-9)17(14,15)10-4-6-16(12,13)7-5-10/h2-3,8H,4-7H2,1H3/q+1. The average molecular weight is 280 g/mol. The van der Waals surface area contributed by atoms with Gasteiger partial charge in [0.15, 0.2) is 9.84 Å². The number of aromatic nitrogens is 2. The number of sulfone groups is 1. The van der Waals surface area contributed by atoms with Gasteiger partial charge in [-0.1, -0.05) is 0 Å². The lowest BCUT2D eigenvalue weighted by molar-refractivity contribution is -0.670. The maximum absolute atomic E-state index is 12.1. The van der Waals surface area contributed by atoms with E-state index in [2.05, 4.69) is 0 Å². The van der Waals surface area contributed by atoms with Crippen molar-refractivity contribution in [3.63, 3.8) is 0 Å². The van der Waals surface area contributed by atoms with Crippen LogP contribution in [0.1, 0.15) is 0 Å². The SMILES string of the molecule is C[n+]1ccn(S(=O)(=O)N2CCS(=O)(=O)CC2)c1. The van der Waals surface area contributed by atoms with Crippen LogP contribution in [0.2, 0.25) is 0 Å². The van der Waals surface area contributed by atoms with E-state index in [-0.39, 0.29) is 24.6 Å². The lowest BCUT2D eigenvalue weighted by Crippen LogP contribution is -2.45. The molecule has 0 aromatic carbocycles. The minimum Gasteiger partial charge on any atom is -0.238 e. The summed E-state index contributed by atoms with van der Waals surface area (Å²) in [5, 5.41) is 0. The number of nitrogens with zero attached hydrogens (tertiary/aromatic N) is 3. The third kappa shape index (κ3) is 2.50. The topological polar surface area (TPSA) is 80.3 Å². The van der Waals surface area contributed by atoms with Crippen LogP contribution in [0.3, 0.4) is 0 Å². The monoisotopic (exact) mass is 280 g/mol. The Morgan fingerprint density at radius 1 is 1.24 bits per heavy atom. The summed E-state index contributed by atoms with van der Waals surface area (Å²) in [4.78, 5) is 0. The van der Waals surface area contributed by atoms with E-state index in [1.807, 2.05) is 0 Å². The summed E-state index contributed by atoms with van der Waals surface area (Å²) < 4.78 is 50.5. The second-order valence-electron chi connectivity index (χ2n) is 3.97. The van der Waals surface area contributed by atoms with Crippen molar-refractivity contribution in [1.29, 1.82) is 0 Å². The van der Waals surface area contributed by atoms with Gasteiger partial charge in [-0.05, 0) is 0 Å². The smallest absolute Gasteiger partial charge is 0.238 e. The van der Waals surface area contributed by atoms with Crippen LogP contribution in [-0.2, 0) is 27.1 Å². The lowest BCUT2D eigenvalue weighted by atomic mass is 10.6. The summed E-state index contributed by atoms with van der Waals surface area (Å²) >= 11 is 0. The molecule has 96 valence electrons. The van der Waals surface area contributed by atoms with Gasteiger partial charge in [0.25, 0.3) is 6.33 Å². The van der Waals surface area contributed by atoms with E-state index in [0.717, 1.165) is 3.97 Å². The maximum atomic E-state index is 12.1. The van der Waals surface area contributed by atoms with Crippen LogP contribution in [-0.4, -0.2) is 49.7 Å². The second-order valence-corrected chi connectivity index (χ2v) is 8.10. The molecule has 0 unspecified atom stereocenters. The molecule has 7 nitrogen and oxygen atoms in total. The minimum atomic E-state index is -3.63. The largest absolute Gasteiger partial charge is 0.379 e. The third-order valence-electron chi connectivity index (χ3n) is 2.64. The molecule has 0 aliphatic carbocycles. The average Bonchev–Trinajstić information content (AvgIpc) is 2.65. The Hall–Kier alpha value is -0.930. The number of hydrogen-bond donors (Lipinski definition) is 0. The van der Waals surface area contributed by atoms with Gasteiger partial charge in [0.05, 0.1) is 18.6 Å². The quantitative estimate of drug-likeness (QED) is 0.595. The van der Waals surface area contributed by atoms with Crippen molar-refractivity contribution >= 4 is 20.0 Å². The van der Waals surface area contributed by atoms with Crippen LogP contribution in [0.25, 0.3) is 0 Å². The first kappa shape index (κ1) is 12.5. The van der Waals surface area contributed by atoms with E-state index in [9.17, 15) is 16.8 Å². The van der Waals surface area contributed by atoms with Crippen LogP contribution in [0.15, 0.2) is 18.7 Å². The number of imidazole rings is 1. The van der Waals surface area contributed by atoms with E-state index in [4.69, 9.17) is 0 Å². The van der Waals surface area contributed by atoms with Gasteiger partial charge in [-0.2, -0.15) is 12.7 Å². The molecule has 0 bridgehead atoms. The highest BCUT2D eigenvalue weighted by Gasteiger charge is 2.34. The van der Waals surface area contributed by atoms with E-state index < -0.39 is 20.0 Å². The zero-order chi connectivity index (χ0) is 12.7. The van der Waals surface area contributed by atoms with Crippen LogP contribution in [0.5, 0.6) is 0 Å². The minimum absolute atomic E-state index is 0.0204. The van der Waals surface area contributed by atoms with E-state index in [1.165, 1.54) is 16.8 Å². The van der Waals surface area contributed by atoms with Gasteiger partial charge in [-0.3, -0.25) is 0 Å². The first-order valence-electron chi connectivity index (χ1n) is 5.05. The summed E-state index contributed by atoms with van der Waals surface area (Å²) in [6, 6.07) is 0. The Morgan fingerprint density at radius 3 is 2.29 bits per heavy atom. The van der Waals surface area contributed by atoms with Gasteiger partial charge >= 0.3 is 10.2 Å². The molecule has 0 saturated carbocycles. The van der Waals surface area contributed by atoms with Crippen molar-refractivity contribution in [2.24, 2.45) is 7.05 Å². The molecule has 1 aliphatic heterocycles. The highest BCUT2D eigenvalue weighted by Crippen LogP contribution is 2.10. The third-order valence-corrected chi connectivity index (χ3v) is 6.02. The van der Waals surface area contributed by atoms with E-state index in [1.54, 1.807) is 17.8 Å². The molecule has 1 aromatic rings. The fourth-order valence-electron chi connectivity index (χ4n) is 1.62. The highest BCUT2D eigenvalue weighted by atomic mass is 32.2. The Bertz CT molecular complexity index is 603. The first-order valence-corrected chi connectivity index (χ1v) is 8.27. The molecule has 0 radical (unpaired) electrons.